The average Bonchev–Trinajstić information content (AvgIpc) is 2.60. The zero-order valence-electron chi connectivity index (χ0n) is 7.56. The zero-order chi connectivity index (χ0) is 10.8. The maximum Gasteiger partial charge on any atom is 0.200 e. The lowest BCUT2D eigenvalue weighted by molar-refractivity contribution is 0.271. The molecule has 0 amide bonds. The van der Waals surface area contributed by atoms with Crippen LogP contribution in [0.5, 0.6) is 0 Å². The van der Waals surface area contributed by atoms with Crippen LogP contribution in [-0.4, -0.2) is 19.9 Å². The third kappa shape index (κ3) is 2.05. The summed E-state index contributed by atoms with van der Waals surface area (Å²) in [7, 11) is 0. The Hall–Kier alpha value is -1.27. The number of rotatable bonds is 2. The van der Waals surface area contributed by atoms with E-state index in [0.29, 0.717) is 10.4 Å². The number of hydrogen-bond acceptors (Lipinski definition) is 3. The molecule has 0 aliphatic rings. The van der Waals surface area contributed by atoms with E-state index in [2.05, 4.69) is 26.0 Å². The monoisotopic (exact) mass is 271 g/mol. The molecule has 15 heavy (non-hydrogen) atoms. The molecule has 0 radical (unpaired) electrons. The van der Waals surface area contributed by atoms with Gasteiger partial charge in [0.05, 0.1) is 5.69 Å². The molecule has 0 aliphatic carbocycles. The summed E-state index contributed by atoms with van der Waals surface area (Å²) in [5.74, 6) is -0.0633. The first kappa shape index (κ1) is 10.3. The minimum absolute atomic E-state index is 0.249. The first-order valence-corrected chi connectivity index (χ1v) is 4.98. The Labute approximate surface area is 93.5 Å². The van der Waals surface area contributed by atoms with Crippen LogP contribution in [0.3, 0.4) is 0 Å². The van der Waals surface area contributed by atoms with E-state index in [1.165, 1.54) is 16.8 Å². The zero-order valence-corrected chi connectivity index (χ0v) is 9.15. The maximum atomic E-state index is 12.9. The van der Waals surface area contributed by atoms with E-state index in [-0.39, 0.29) is 18.2 Å². The summed E-state index contributed by atoms with van der Waals surface area (Å²) < 4.78 is 14.8. The molecule has 1 aromatic heterocycles. The van der Waals surface area contributed by atoms with Crippen molar-refractivity contribution in [3.8, 4) is 5.69 Å². The number of aromatic nitrogens is 3. The summed E-state index contributed by atoms with van der Waals surface area (Å²) in [6, 6.07) is 5.96. The number of hydrogen-bond donors (Lipinski definition) is 1. The minimum Gasteiger partial charge on any atom is -0.388 e. The third-order valence-electron chi connectivity index (χ3n) is 1.81. The van der Waals surface area contributed by atoms with Crippen molar-refractivity contribution in [2.45, 2.75) is 6.61 Å². The van der Waals surface area contributed by atoms with Crippen molar-refractivity contribution in [2.75, 3.05) is 0 Å². The predicted molar refractivity (Wildman–Crippen MR) is 54.9 cm³/mol. The summed E-state index contributed by atoms with van der Waals surface area (Å²) in [6.07, 6.45) is 0. The van der Waals surface area contributed by atoms with Gasteiger partial charge in [0.2, 0.25) is 0 Å². The van der Waals surface area contributed by atoms with Gasteiger partial charge in [0.25, 0.3) is 0 Å². The molecule has 0 saturated carbocycles. The van der Waals surface area contributed by atoms with E-state index < -0.39 is 0 Å². The summed E-state index contributed by atoms with van der Waals surface area (Å²) in [4.78, 5) is 3.93. The molecule has 4 nitrogen and oxygen atoms in total. The fraction of sp³-hybridized carbons (Fsp3) is 0.111. The van der Waals surface area contributed by atoms with Gasteiger partial charge in [-0.2, -0.15) is 0 Å². The molecule has 6 heteroatoms. The van der Waals surface area contributed by atoms with Crippen LogP contribution in [-0.2, 0) is 6.61 Å². The van der Waals surface area contributed by atoms with Gasteiger partial charge in [-0.3, -0.25) is 0 Å². The molecule has 0 bridgehead atoms. The van der Waals surface area contributed by atoms with Crippen molar-refractivity contribution in [3.05, 3.63) is 40.6 Å². The van der Waals surface area contributed by atoms with Gasteiger partial charge in [0, 0.05) is 0 Å². The largest absolute Gasteiger partial charge is 0.388 e. The summed E-state index contributed by atoms with van der Waals surface area (Å²) in [6.45, 7) is -0.249. The molecule has 0 atom stereocenters. The molecule has 0 fully saturated rings. The molecule has 0 aliphatic heterocycles. The summed E-state index contributed by atoms with van der Waals surface area (Å²) in [5, 5.41) is 12.8. The van der Waals surface area contributed by atoms with Crippen LogP contribution in [0.4, 0.5) is 4.39 Å². The highest BCUT2D eigenvalue weighted by Crippen LogP contribution is 2.15. The Morgan fingerprint density at radius 1 is 1.47 bits per heavy atom. The van der Waals surface area contributed by atoms with Crippen LogP contribution < -0.4 is 0 Å². The molecule has 1 heterocycles. The van der Waals surface area contributed by atoms with Gasteiger partial charge in [-0.1, -0.05) is 6.07 Å². The number of aliphatic hydroxyl groups is 1. The summed E-state index contributed by atoms with van der Waals surface area (Å²) in [5.41, 5.74) is 0.550. The van der Waals surface area contributed by atoms with Crippen LogP contribution in [0.25, 0.3) is 5.69 Å². The molecule has 0 spiro atoms. The van der Waals surface area contributed by atoms with Crippen LogP contribution in [0, 0.1) is 5.82 Å². The van der Waals surface area contributed by atoms with Gasteiger partial charge in [0.1, 0.15) is 12.4 Å². The number of benzene rings is 1. The molecule has 1 N–H and O–H groups in total. The standard InChI is InChI=1S/C9H7BrFN3O/c10-9-12-8(5-15)13-14(9)7-3-1-2-6(11)4-7/h1-4,15H,5H2. The lowest BCUT2D eigenvalue weighted by Gasteiger charge is -2.00. The van der Waals surface area contributed by atoms with Gasteiger partial charge >= 0.3 is 0 Å². The van der Waals surface area contributed by atoms with Gasteiger partial charge in [-0.15, -0.1) is 5.10 Å². The predicted octanol–water partition coefficient (Wildman–Crippen LogP) is 1.66. The van der Waals surface area contributed by atoms with Crippen LogP contribution >= 0.6 is 15.9 Å². The molecular weight excluding hydrogens is 265 g/mol. The second-order valence-corrected chi connectivity index (χ2v) is 3.56. The molecule has 2 aromatic rings. The van der Waals surface area contributed by atoms with Crippen molar-refractivity contribution in [1.82, 2.24) is 14.8 Å². The van der Waals surface area contributed by atoms with E-state index in [0.717, 1.165) is 0 Å². The molecule has 1 aromatic carbocycles. The number of aliphatic hydroxyl groups excluding tert-OH is 1. The second kappa shape index (κ2) is 4.08. The van der Waals surface area contributed by atoms with E-state index in [9.17, 15) is 4.39 Å². The van der Waals surface area contributed by atoms with Crippen LogP contribution in [0.1, 0.15) is 5.82 Å². The van der Waals surface area contributed by atoms with Crippen molar-refractivity contribution >= 4 is 15.9 Å². The SMILES string of the molecule is OCc1nc(Br)n(-c2cccc(F)c2)n1. The highest BCUT2D eigenvalue weighted by atomic mass is 79.9. The van der Waals surface area contributed by atoms with Crippen molar-refractivity contribution < 1.29 is 9.50 Å². The van der Waals surface area contributed by atoms with E-state index in [1.807, 2.05) is 0 Å². The lowest BCUT2D eigenvalue weighted by atomic mass is 10.3. The molecule has 0 unspecified atom stereocenters. The first-order chi connectivity index (χ1) is 7.20. The fourth-order valence-corrected chi connectivity index (χ4v) is 1.66. The minimum atomic E-state index is -0.347. The summed E-state index contributed by atoms with van der Waals surface area (Å²) >= 11 is 3.17. The Morgan fingerprint density at radius 2 is 2.27 bits per heavy atom. The van der Waals surface area contributed by atoms with Gasteiger partial charge in [0.15, 0.2) is 10.6 Å². The molecule has 0 saturated heterocycles. The van der Waals surface area contributed by atoms with Crippen LogP contribution in [0.2, 0.25) is 0 Å². The van der Waals surface area contributed by atoms with Crippen molar-refractivity contribution in [3.63, 3.8) is 0 Å². The van der Waals surface area contributed by atoms with Gasteiger partial charge < -0.3 is 5.11 Å². The van der Waals surface area contributed by atoms with Crippen LogP contribution in [0.15, 0.2) is 29.0 Å². The van der Waals surface area contributed by atoms with Gasteiger partial charge in [-0.25, -0.2) is 14.1 Å². The number of halogens is 2. The van der Waals surface area contributed by atoms with Gasteiger partial charge in [-0.05, 0) is 34.1 Å². The maximum absolute atomic E-state index is 12.9. The van der Waals surface area contributed by atoms with E-state index >= 15 is 0 Å². The fourth-order valence-electron chi connectivity index (χ4n) is 1.17. The van der Waals surface area contributed by atoms with Crippen molar-refractivity contribution in [1.29, 1.82) is 0 Å². The highest BCUT2D eigenvalue weighted by Gasteiger charge is 2.08. The Balaban J connectivity index is 2.48. The highest BCUT2D eigenvalue weighted by molar-refractivity contribution is 9.10. The normalized spacial score (nSPS) is 10.6. The Morgan fingerprint density at radius 3 is 2.87 bits per heavy atom. The Kier molecular flexibility index (Phi) is 2.79. The van der Waals surface area contributed by atoms with Crippen molar-refractivity contribution in [2.24, 2.45) is 0 Å². The third-order valence-corrected chi connectivity index (χ3v) is 2.32. The number of nitrogens with zero attached hydrogens (tertiary/aromatic N) is 3. The van der Waals surface area contributed by atoms with E-state index in [4.69, 9.17) is 5.11 Å². The second-order valence-electron chi connectivity index (χ2n) is 2.85. The molecule has 2 rings (SSSR count). The topological polar surface area (TPSA) is 50.9 Å². The average molecular weight is 272 g/mol. The Bertz CT molecular complexity index is 486. The smallest absolute Gasteiger partial charge is 0.200 e. The lowest BCUT2D eigenvalue weighted by Crippen LogP contribution is -1.98. The molecule has 78 valence electrons. The molecular formula is C9H7BrFN3O. The first-order valence-electron chi connectivity index (χ1n) is 4.19. The quantitative estimate of drug-likeness (QED) is 0.904. The van der Waals surface area contributed by atoms with E-state index in [1.54, 1.807) is 12.1 Å².